The monoisotopic (exact) mass is 236 g/mol. The average molecular weight is 236 g/mol. The largest absolute Gasteiger partial charge is 0.336 e. The molecule has 1 aliphatic rings. The van der Waals surface area contributed by atoms with Crippen molar-refractivity contribution in [3.63, 3.8) is 0 Å². The van der Waals surface area contributed by atoms with E-state index < -0.39 is 0 Å². The molecule has 0 atom stereocenters. The second-order valence-corrected chi connectivity index (χ2v) is 4.02. The Kier molecular flexibility index (Phi) is 3.53. The maximum absolute atomic E-state index is 12.1. The molecule has 6 heteroatoms. The standard InChI is InChI=1S/C11H16N4O2/c1-2-14-3-5-15(6-4-14)11(17)9-7-12-8-13-10(9)16/h7-8H,2-6H2,1H3,(H,12,13,16). The maximum atomic E-state index is 12.1. The quantitative estimate of drug-likeness (QED) is 0.755. The zero-order valence-corrected chi connectivity index (χ0v) is 9.85. The zero-order chi connectivity index (χ0) is 12.3. The zero-order valence-electron chi connectivity index (χ0n) is 9.85. The van der Waals surface area contributed by atoms with Crippen LogP contribution < -0.4 is 5.56 Å². The Balaban J connectivity index is 2.07. The van der Waals surface area contributed by atoms with E-state index in [0.717, 1.165) is 19.6 Å². The van der Waals surface area contributed by atoms with E-state index in [1.807, 2.05) is 0 Å². The molecular formula is C11H16N4O2. The molecule has 1 aromatic rings. The fourth-order valence-corrected chi connectivity index (χ4v) is 1.93. The van der Waals surface area contributed by atoms with Crippen molar-refractivity contribution in [1.82, 2.24) is 19.8 Å². The summed E-state index contributed by atoms with van der Waals surface area (Å²) in [5, 5.41) is 0. The number of aromatic nitrogens is 2. The minimum absolute atomic E-state index is 0.123. The molecule has 0 bridgehead atoms. The van der Waals surface area contributed by atoms with Crippen molar-refractivity contribution in [2.45, 2.75) is 6.92 Å². The van der Waals surface area contributed by atoms with Gasteiger partial charge in [-0.15, -0.1) is 0 Å². The van der Waals surface area contributed by atoms with Gasteiger partial charge in [0.1, 0.15) is 5.56 Å². The van der Waals surface area contributed by atoms with Crippen LogP contribution in [0.2, 0.25) is 0 Å². The highest BCUT2D eigenvalue weighted by Gasteiger charge is 2.23. The van der Waals surface area contributed by atoms with Gasteiger partial charge in [-0.2, -0.15) is 0 Å². The number of aromatic amines is 1. The molecular weight excluding hydrogens is 220 g/mol. The van der Waals surface area contributed by atoms with Crippen molar-refractivity contribution >= 4 is 5.91 Å². The van der Waals surface area contributed by atoms with Gasteiger partial charge in [-0.1, -0.05) is 6.92 Å². The molecule has 1 fully saturated rings. The van der Waals surface area contributed by atoms with Gasteiger partial charge in [-0.05, 0) is 6.54 Å². The third-order valence-electron chi connectivity index (χ3n) is 3.06. The highest BCUT2D eigenvalue weighted by Crippen LogP contribution is 2.04. The predicted molar refractivity (Wildman–Crippen MR) is 62.9 cm³/mol. The van der Waals surface area contributed by atoms with Crippen LogP contribution in [0, 0.1) is 0 Å². The molecule has 1 aromatic heterocycles. The molecule has 17 heavy (non-hydrogen) atoms. The van der Waals surface area contributed by atoms with Crippen molar-refractivity contribution in [3.05, 3.63) is 28.4 Å². The van der Waals surface area contributed by atoms with Gasteiger partial charge in [-0.25, -0.2) is 4.98 Å². The Morgan fingerprint density at radius 3 is 2.71 bits per heavy atom. The summed E-state index contributed by atoms with van der Waals surface area (Å²) in [6.07, 6.45) is 2.61. The van der Waals surface area contributed by atoms with Crippen LogP contribution in [0.5, 0.6) is 0 Å². The van der Waals surface area contributed by atoms with E-state index in [0.29, 0.717) is 13.1 Å². The minimum atomic E-state index is -0.372. The highest BCUT2D eigenvalue weighted by molar-refractivity contribution is 5.93. The Morgan fingerprint density at radius 1 is 1.41 bits per heavy atom. The molecule has 1 N–H and O–H groups in total. The molecule has 0 saturated carbocycles. The number of hydrogen-bond acceptors (Lipinski definition) is 4. The van der Waals surface area contributed by atoms with E-state index >= 15 is 0 Å². The Hall–Kier alpha value is -1.69. The molecule has 92 valence electrons. The number of rotatable bonds is 2. The van der Waals surface area contributed by atoms with Gasteiger partial charge in [0.05, 0.1) is 6.33 Å². The van der Waals surface area contributed by atoms with Crippen molar-refractivity contribution in [1.29, 1.82) is 0 Å². The Labute approximate surface area is 99.3 Å². The minimum Gasteiger partial charge on any atom is -0.336 e. The molecule has 2 heterocycles. The number of piperazine rings is 1. The fourth-order valence-electron chi connectivity index (χ4n) is 1.93. The van der Waals surface area contributed by atoms with Gasteiger partial charge in [0.2, 0.25) is 0 Å². The van der Waals surface area contributed by atoms with Gasteiger partial charge >= 0.3 is 0 Å². The lowest BCUT2D eigenvalue weighted by atomic mass is 10.2. The second kappa shape index (κ2) is 5.09. The van der Waals surface area contributed by atoms with Gasteiger partial charge in [-0.3, -0.25) is 9.59 Å². The summed E-state index contributed by atoms with van der Waals surface area (Å²) in [5.74, 6) is -0.227. The van der Waals surface area contributed by atoms with Crippen molar-refractivity contribution in [3.8, 4) is 0 Å². The molecule has 1 saturated heterocycles. The summed E-state index contributed by atoms with van der Waals surface area (Å²) in [6.45, 7) is 6.15. The smallest absolute Gasteiger partial charge is 0.263 e. The molecule has 1 amide bonds. The Bertz CT molecular complexity index is 449. The van der Waals surface area contributed by atoms with Gasteiger partial charge in [0.15, 0.2) is 0 Å². The summed E-state index contributed by atoms with van der Waals surface area (Å²) in [5.41, 5.74) is -0.250. The van der Waals surface area contributed by atoms with E-state index in [1.54, 1.807) is 4.90 Å². The number of carbonyl (C=O) groups excluding carboxylic acids is 1. The molecule has 1 aliphatic heterocycles. The normalized spacial score (nSPS) is 17.1. The first-order valence-electron chi connectivity index (χ1n) is 5.76. The van der Waals surface area contributed by atoms with E-state index in [9.17, 15) is 9.59 Å². The number of likely N-dealkylation sites (N-methyl/N-ethyl adjacent to an activating group) is 1. The van der Waals surface area contributed by atoms with Crippen LogP contribution >= 0.6 is 0 Å². The molecule has 2 rings (SSSR count). The van der Waals surface area contributed by atoms with Crippen LogP contribution in [0.15, 0.2) is 17.3 Å². The lowest BCUT2D eigenvalue weighted by molar-refractivity contribution is 0.0641. The molecule has 0 aliphatic carbocycles. The van der Waals surface area contributed by atoms with E-state index in [2.05, 4.69) is 21.8 Å². The van der Waals surface area contributed by atoms with E-state index in [1.165, 1.54) is 12.5 Å². The van der Waals surface area contributed by atoms with Crippen LogP contribution in [0.3, 0.4) is 0 Å². The lowest BCUT2D eigenvalue weighted by Crippen LogP contribution is -2.49. The third kappa shape index (κ3) is 2.52. The number of amides is 1. The van der Waals surface area contributed by atoms with Crippen LogP contribution in [0.1, 0.15) is 17.3 Å². The van der Waals surface area contributed by atoms with Gasteiger partial charge < -0.3 is 14.8 Å². The maximum Gasteiger partial charge on any atom is 0.263 e. The van der Waals surface area contributed by atoms with Crippen LogP contribution in [0.4, 0.5) is 0 Å². The van der Waals surface area contributed by atoms with Crippen molar-refractivity contribution < 1.29 is 4.79 Å². The van der Waals surface area contributed by atoms with E-state index in [4.69, 9.17) is 0 Å². The molecule has 6 nitrogen and oxygen atoms in total. The summed E-state index contributed by atoms with van der Waals surface area (Å²) in [6, 6.07) is 0. The number of nitrogens with one attached hydrogen (secondary N) is 1. The Morgan fingerprint density at radius 2 is 2.12 bits per heavy atom. The predicted octanol–water partition coefficient (Wildman–Crippen LogP) is -0.452. The first-order chi connectivity index (χ1) is 8.22. The topological polar surface area (TPSA) is 69.3 Å². The van der Waals surface area contributed by atoms with Crippen LogP contribution in [-0.2, 0) is 0 Å². The number of carbonyl (C=O) groups is 1. The number of nitrogens with zero attached hydrogens (tertiary/aromatic N) is 3. The third-order valence-corrected chi connectivity index (χ3v) is 3.06. The van der Waals surface area contributed by atoms with Crippen molar-refractivity contribution in [2.75, 3.05) is 32.7 Å². The van der Waals surface area contributed by atoms with Gasteiger partial charge in [0.25, 0.3) is 11.5 Å². The van der Waals surface area contributed by atoms with Crippen LogP contribution in [-0.4, -0.2) is 58.4 Å². The first-order valence-corrected chi connectivity index (χ1v) is 5.76. The van der Waals surface area contributed by atoms with Crippen molar-refractivity contribution in [2.24, 2.45) is 0 Å². The molecule has 0 aromatic carbocycles. The van der Waals surface area contributed by atoms with Crippen LogP contribution in [0.25, 0.3) is 0 Å². The molecule has 0 radical (unpaired) electrons. The lowest BCUT2D eigenvalue weighted by Gasteiger charge is -2.33. The SMILES string of the molecule is CCN1CCN(C(=O)c2cnc[nH]c2=O)CC1. The summed E-state index contributed by atoms with van der Waals surface area (Å²) < 4.78 is 0. The second-order valence-electron chi connectivity index (χ2n) is 4.02. The summed E-state index contributed by atoms with van der Waals surface area (Å²) >= 11 is 0. The fraction of sp³-hybridized carbons (Fsp3) is 0.545. The number of H-pyrrole nitrogens is 1. The highest BCUT2D eigenvalue weighted by atomic mass is 16.2. The molecule has 0 spiro atoms. The first kappa shape index (κ1) is 11.8. The van der Waals surface area contributed by atoms with E-state index in [-0.39, 0.29) is 17.0 Å². The molecule has 0 unspecified atom stereocenters. The summed E-state index contributed by atoms with van der Waals surface area (Å²) in [4.78, 5) is 33.7. The average Bonchev–Trinajstić information content (AvgIpc) is 2.39. The number of hydrogen-bond donors (Lipinski definition) is 1. The summed E-state index contributed by atoms with van der Waals surface area (Å²) in [7, 11) is 0. The van der Waals surface area contributed by atoms with Gasteiger partial charge in [0, 0.05) is 32.4 Å².